The molecular weight excluding hydrogens is 387 g/mol. The highest BCUT2D eigenvalue weighted by Gasteiger charge is 2.45. The largest absolute Gasteiger partial charge is 0.434 e. The van der Waals surface area contributed by atoms with Gasteiger partial charge in [0.2, 0.25) is 0 Å². The minimum atomic E-state index is -4.65. The summed E-state index contributed by atoms with van der Waals surface area (Å²) in [6.45, 7) is 3.95. The van der Waals surface area contributed by atoms with Crippen molar-refractivity contribution in [3.05, 3.63) is 54.0 Å². The molecule has 0 amide bonds. The van der Waals surface area contributed by atoms with Crippen LogP contribution in [0.5, 0.6) is 0 Å². The Bertz CT molecular complexity index is 804. The molecule has 1 aliphatic rings. The van der Waals surface area contributed by atoms with E-state index < -0.39 is 42.3 Å². The molecule has 158 valence electrons. The number of benzene rings is 1. The first-order chi connectivity index (χ1) is 13.7. The molecule has 5 atom stereocenters. The predicted octanol–water partition coefficient (Wildman–Crippen LogP) is 3.18. The first-order valence-corrected chi connectivity index (χ1v) is 9.39. The average molecular weight is 411 g/mol. The van der Waals surface area contributed by atoms with Gasteiger partial charge in [0.1, 0.15) is 24.1 Å². The van der Waals surface area contributed by atoms with Crippen LogP contribution in [0.3, 0.4) is 0 Å². The smallest absolute Gasteiger partial charge is 0.388 e. The molecular formula is C20H24F3N3O3. The zero-order valence-electron chi connectivity index (χ0n) is 16.0. The summed E-state index contributed by atoms with van der Waals surface area (Å²) >= 11 is 0. The van der Waals surface area contributed by atoms with Crippen molar-refractivity contribution in [2.75, 3.05) is 5.32 Å². The van der Waals surface area contributed by atoms with Crippen LogP contribution in [-0.4, -0.2) is 44.5 Å². The fraction of sp³-hybridized carbons (Fsp3) is 0.500. The summed E-state index contributed by atoms with van der Waals surface area (Å²) in [6.07, 6.45) is -6.15. The lowest BCUT2D eigenvalue weighted by Crippen LogP contribution is -2.57. The van der Waals surface area contributed by atoms with E-state index in [0.717, 1.165) is 11.8 Å². The number of rotatable bonds is 5. The van der Waals surface area contributed by atoms with Gasteiger partial charge in [0.05, 0.1) is 24.5 Å². The molecule has 6 nitrogen and oxygen atoms in total. The van der Waals surface area contributed by atoms with Crippen LogP contribution in [-0.2, 0) is 10.9 Å². The third-order valence-electron chi connectivity index (χ3n) is 4.82. The van der Waals surface area contributed by atoms with Crippen molar-refractivity contribution in [3.8, 4) is 0 Å². The third kappa shape index (κ3) is 5.04. The Hall–Kier alpha value is -2.23. The number of aliphatic hydroxyl groups is 2. The molecule has 1 aromatic heterocycles. The molecule has 0 radical (unpaired) electrons. The van der Waals surface area contributed by atoms with Crippen LogP contribution >= 0.6 is 0 Å². The quantitative estimate of drug-likeness (QED) is 0.701. The topological polar surface area (TPSA) is 87.5 Å². The maximum absolute atomic E-state index is 13.0. The van der Waals surface area contributed by atoms with E-state index >= 15 is 0 Å². The summed E-state index contributed by atoms with van der Waals surface area (Å²) in [4.78, 5) is 7.13. The van der Waals surface area contributed by atoms with Crippen LogP contribution in [0.15, 0.2) is 42.7 Å². The molecule has 0 saturated carbocycles. The maximum atomic E-state index is 13.0. The molecule has 1 saturated heterocycles. The first-order valence-electron chi connectivity index (χ1n) is 9.39. The number of halogens is 3. The number of aliphatic hydroxyl groups excluding tert-OH is 2. The molecule has 1 fully saturated rings. The summed E-state index contributed by atoms with van der Waals surface area (Å²) < 4.78 is 45.0. The van der Waals surface area contributed by atoms with Crippen LogP contribution in [0.2, 0.25) is 0 Å². The van der Waals surface area contributed by atoms with Crippen molar-refractivity contribution in [1.82, 2.24) is 9.97 Å². The number of hydrogen-bond donors (Lipinski definition) is 3. The maximum Gasteiger partial charge on any atom is 0.434 e. The fourth-order valence-corrected chi connectivity index (χ4v) is 3.46. The predicted molar refractivity (Wildman–Crippen MR) is 100.0 cm³/mol. The van der Waals surface area contributed by atoms with Gasteiger partial charge in [-0.1, -0.05) is 44.2 Å². The standard InChI is InChI=1S/C20H24F3N3O3/c1-11(2)8-13-17(27)18(28)16(19(29-13)12-6-4-3-5-7-12)26-15-10-24-9-14(25-15)20(21,22)23/h3-7,9-11,13,16-19,27-28H,8H2,1-2H3,(H,25,26)/t13-,16-,17+,18-,19-/m1/s1. The van der Waals surface area contributed by atoms with Crippen LogP contribution in [0.4, 0.5) is 19.0 Å². The van der Waals surface area contributed by atoms with Gasteiger partial charge >= 0.3 is 6.18 Å². The van der Waals surface area contributed by atoms with Gasteiger partial charge in [-0.15, -0.1) is 0 Å². The molecule has 1 aromatic carbocycles. The van der Waals surface area contributed by atoms with Crippen molar-refractivity contribution < 1.29 is 28.1 Å². The van der Waals surface area contributed by atoms with Crippen LogP contribution in [0, 0.1) is 5.92 Å². The first kappa shape index (κ1) is 21.5. The fourth-order valence-electron chi connectivity index (χ4n) is 3.46. The molecule has 3 rings (SSSR count). The molecule has 29 heavy (non-hydrogen) atoms. The molecule has 0 spiro atoms. The summed E-state index contributed by atoms with van der Waals surface area (Å²) in [5.41, 5.74) is -0.423. The van der Waals surface area contributed by atoms with Gasteiger partial charge in [0.25, 0.3) is 0 Å². The lowest BCUT2D eigenvalue weighted by Gasteiger charge is -2.44. The minimum absolute atomic E-state index is 0.164. The van der Waals surface area contributed by atoms with E-state index in [2.05, 4.69) is 15.3 Å². The molecule has 3 N–H and O–H groups in total. The summed E-state index contributed by atoms with van der Waals surface area (Å²) in [5, 5.41) is 24.1. The van der Waals surface area contributed by atoms with Crippen molar-refractivity contribution >= 4 is 5.82 Å². The Balaban J connectivity index is 1.92. The van der Waals surface area contributed by atoms with Gasteiger partial charge in [-0.2, -0.15) is 13.2 Å². The third-order valence-corrected chi connectivity index (χ3v) is 4.82. The van der Waals surface area contributed by atoms with Crippen molar-refractivity contribution in [2.45, 2.75) is 56.9 Å². The summed E-state index contributed by atoms with van der Waals surface area (Å²) in [7, 11) is 0. The Morgan fingerprint density at radius 1 is 1.10 bits per heavy atom. The molecule has 9 heteroatoms. The number of aromatic nitrogens is 2. The SMILES string of the molecule is CC(C)C[C@H]1O[C@H](c2ccccc2)[C@H](Nc2cncc(C(F)(F)F)n2)[C@@H](O)[C@H]1O. The van der Waals surface area contributed by atoms with E-state index in [1.807, 2.05) is 19.9 Å². The van der Waals surface area contributed by atoms with E-state index in [9.17, 15) is 23.4 Å². The highest BCUT2D eigenvalue weighted by atomic mass is 19.4. The molecule has 1 aliphatic heterocycles. The molecule has 0 aliphatic carbocycles. The lowest BCUT2D eigenvalue weighted by molar-refractivity contribution is -0.181. The number of ether oxygens (including phenoxy) is 1. The van der Waals surface area contributed by atoms with Crippen LogP contribution in [0.1, 0.15) is 37.6 Å². The van der Waals surface area contributed by atoms with Gasteiger partial charge < -0.3 is 20.3 Å². The molecule has 2 heterocycles. The second-order valence-corrected chi connectivity index (χ2v) is 7.57. The summed E-state index contributed by atoms with van der Waals surface area (Å²) in [6, 6.07) is 8.10. The van der Waals surface area contributed by atoms with Crippen molar-refractivity contribution in [1.29, 1.82) is 0 Å². The highest BCUT2D eigenvalue weighted by molar-refractivity contribution is 5.37. The Morgan fingerprint density at radius 3 is 2.41 bits per heavy atom. The van der Waals surface area contributed by atoms with Crippen LogP contribution in [0.25, 0.3) is 0 Å². The number of anilines is 1. The Labute approximate surface area is 166 Å². The number of hydrogen-bond acceptors (Lipinski definition) is 6. The van der Waals surface area contributed by atoms with Gasteiger partial charge in [-0.25, -0.2) is 4.98 Å². The van der Waals surface area contributed by atoms with E-state index in [1.54, 1.807) is 24.3 Å². The van der Waals surface area contributed by atoms with E-state index in [1.165, 1.54) is 0 Å². The summed E-state index contributed by atoms with van der Waals surface area (Å²) in [5.74, 6) is 0.0556. The normalized spacial score (nSPS) is 27.8. The highest BCUT2D eigenvalue weighted by Crippen LogP contribution is 2.36. The number of nitrogens with zero attached hydrogens (tertiary/aromatic N) is 2. The van der Waals surface area contributed by atoms with Crippen molar-refractivity contribution in [3.63, 3.8) is 0 Å². The molecule has 2 aromatic rings. The number of nitrogens with one attached hydrogen (secondary N) is 1. The zero-order valence-corrected chi connectivity index (χ0v) is 16.0. The van der Waals surface area contributed by atoms with E-state index in [4.69, 9.17) is 4.74 Å². The van der Waals surface area contributed by atoms with E-state index in [0.29, 0.717) is 12.6 Å². The van der Waals surface area contributed by atoms with Gasteiger partial charge in [0.15, 0.2) is 5.69 Å². The van der Waals surface area contributed by atoms with E-state index in [-0.39, 0.29) is 11.7 Å². The minimum Gasteiger partial charge on any atom is -0.388 e. The monoisotopic (exact) mass is 411 g/mol. The Kier molecular flexibility index (Phi) is 6.40. The van der Waals surface area contributed by atoms with Crippen LogP contribution < -0.4 is 5.32 Å². The zero-order chi connectivity index (χ0) is 21.2. The average Bonchev–Trinajstić information content (AvgIpc) is 2.67. The van der Waals surface area contributed by atoms with Gasteiger partial charge in [-0.3, -0.25) is 4.98 Å². The second-order valence-electron chi connectivity index (χ2n) is 7.57. The van der Waals surface area contributed by atoms with Gasteiger partial charge in [-0.05, 0) is 17.9 Å². The van der Waals surface area contributed by atoms with Gasteiger partial charge in [0, 0.05) is 0 Å². The lowest BCUT2D eigenvalue weighted by atomic mass is 9.86. The number of alkyl halides is 3. The molecule has 0 bridgehead atoms. The van der Waals surface area contributed by atoms with Crippen molar-refractivity contribution in [2.24, 2.45) is 5.92 Å². The second kappa shape index (κ2) is 8.64. The molecule has 0 unspecified atom stereocenters. The Morgan fingerprint density at radius 2 is 1.79 bits per heavy atom.